The van der Waals surface area contributed by atoms with Crippen LogP contribution in [-0.4, -0.2) is 13.2 Å². The molecule has 2 aromatic carbocycles. The largest absolute Gasteiger partial charge is 0.493 e. The van der Waals surface area contributed by atoms with E-state index >= 15 is 0 Å². The molecule has 0 saturated heterocycles. The molecule has 3 rings (SSSR count). The number of halogens is 1. The molecule has 1 aliphatic rings. The van der Waals surface area contributed by atoms with Crippen LogP contribution in [0.3, 0.4) is 0 Å². The van der Waals surface area contributed by atoms with E-state index in [0.717, 1.165) is 31.7 Å². The molecule has 1 atom stereocenters. The summed E-state index contributed by atoms with van der Waals surface area (Å²) in [5.74, 6) is 1.09. The van der Waals surface area contributed by atoms with Crippen molar-refractivity contribution in [3.63, 3.8) is 0 Å². The topological polar surface area (TPSA) is 21.3 Å². The average Bonchev–Trinajstić information content (AvgIpc) is 2.97. The number of fused-ring (bicyclic) bond motifs is 1. The summed E-state index contributed by atoms with van der Waals surface area (Å²) in [6.07, 6.45) is 2.15. The second kappa shape index (κ2) is 6.79. The molecule has 3 heteroatoms. The number of hydrogen-bond donors (Lipinski definition) is 1. The van der Waals surface area contributed by atoms with Gasteiger partial charge in [0.05, 0.1) is 12.6 Å². The van der Waals surface area contributed by atoms with Crippen LogP contribution in [0.15, 0.2) is 42.5 Å². The Balaban J connectivity index is 2.02. The molecule has 110 valence electrons. The molecule has 0 aromatic heterocycles. The summed E-state index contributed by atoms with van der Waals surface area (Å²) >= 11 is 2.37. The predicted octanol–water partition coefficient (Wildman–Crippen LogP) is 4.32. The van der Waals surface area contributed by atoms with Gasteiger partial charge in [-0.25, -0.2) is 0 Å². The Kier molecular flexibility index (Phi) is 4.80. The van der Waals surface area contributed by atoms with E-state index in [1.54, 1.807) is 0 Å². The van der Waals surface area contributed by atoms with Crippen molar-refractivity contribution in [1.29, 1.82) is 0 Å². The first-order valence-corrected chi connectivity index (χ1v) is 8.61. The molecule has 0 radical (unpaired) electrons. The molecule has 0 fully saturated rings. The molecule has 0 amide bonds. The van der Waals surface area contributed by atoms with E-state index in [9.17, 15) is 0 Å². The molecule has 1 N–H and O–H groups in total. The van der Waals surface area contributed by atoms with Crippen LogP contribution < -0.4 is 10.1 Å². The highest BCUT2D eigenvalue weighted by molar-refractivity contribution is 14.1. The van der Waals surface area contributed by atoms with Crippen LogP contribution in [-0.2, 0) is 6.42 Å². The van der Waals surface area contributed by atoms with Crippen LogP contribution in [0.4, 0.5) is 0 Å². The molecule has 0 bridgehead atoms. The number of benzene rings is 2. The smallest absolute Gasteiger partial charge is 0.127 e. The molecule has 0 spiro atoms. The summed E-state index contributed by atoms with van der Waals surface area (Å²) in [6.45, 7) is 4.00. The van der Waals surface area contributed by atoms with Gasteiger partial charge in [0.2, 0.25) is 0 Å². The third-order valence-corrected chi connectivity index (χ3v) is 4.51. The number of nitrogens with one attached hydrogen (secondary N) is 1. The summed E-state index contributed by atoms with van der Waals surface area (Å²) in [5, 5.41) is 3.68. The van der Waals surface area contributed by atoms with E-state index in [2.05, 4.69) is 77.3 Å². The zero-order valence-electron chi connectivity index (χ0n) is 12.2. The van der Waals surface area contributed by atoms with Crippen molar-refractivity contribution in [2.75, 3.05) is 13.2 Å². The molecule has 1 aliphatic heterocycles. The fraction of sp³-hybridized carbons (Fsp3) is 0.333. The molecule has 0 aliphatic carbocycles. The first-order valence-electron chi connectivity index (χ1n) is 7.53. The quantitative estimate of drug-likeness (QED) is 0.765. The van der Waals surface area contributed by atoms with Crippen molar-refractivity contribution >= 4 is 22.6 Å². The zero-order valence-corrected chi connectivity index (χ0v) is 14.4. The predicted molar refractivity (Wildman–Crippen MR) is 94.9 cm³/mol. The van der Waals surface area contributed by atoms with Crippen molar-refractivity contribution in [3.05, 3.63) is 62.7 Å². The van der Waals surface area contributed by atoms with Gasteiger partial charge in [-0.15, -0.1) is 0 Å². The first-order chi connectivity index (χ1) is 10.3. The van der Waals surface area contributed by atoms with Gasteiger partial charge in [0.25, 0.3) is 0 Å². The number of hydrogen-bond acceptors (Lipinski definition) is 2. The monoisotopic (exact) mass is 393 g/mol. The third-order valence-electron chi connectivity index (χ3n) is 3.84. The Morgan fingerprint density at radius 2 is 2.10 bits per heavy atom. The highest BCUT2D eigenvalue weighted by Crippen LogP contribution is 2.36. The van der Waals surface area contributed by atoms with E-state index in [-0.39, 0.29) is 6.04 Å². The van der Waals surface area contributed by atoms with Gasteiger partial charge in [-0.3, -0.25) is 0 Å². The first kappa shape index (κ1) is 14.9. The summed E-state index contributed by atoms with van der Waals surface area (Å²) in [4.78, 5) is 0. The maximum atomic E-state index is 5.90. The average molecular weight is 393 g/mol. The van der Waals surface area contributed by atoms with Crippen LogP contribution in [0.2, 0.25) is 0 Å². The number of rotatable bonds is 5. The van der Waals surface area contributed by atoms with Crippen LogP contribution >= 0.6 is 22.6 Å². The molecule has 1 heterocycles. The fourth-order valence-electron chi connectivity index (χ4n) is 2.85. The van der Waals surface area contributed by atoms with Crippen LogP contribution in [0.25, 0.3) is 0 Å². The molecular formula is C18H20INO. The van der Waals surface area contributed by atoms with Gasteiger partial charge in [0, 0.05) is 15.6 Å². The molecule has 0 saturated carbocycles. The van der Waals surface area contributed by atoms with Crippen molar-refractivity contribution < 1.29 is 4.74 Å². The van der Waals surface area contributed by atoms with Crippen LogP contribution in [0.5, 0.6) is 5.75 Å². The minimum absolute atomic E-state index is 0.202. The van der Waals surface area contributed by atoms with Crippen molar-refractivity contribution in [1.82, 2.24) is 5.32 Å². The molecule has 21 heavy (non-hydrogen) atoms. The highest BCUT2D eigenvalue weighted by Gasteiger charge is 2.23. The second-order valence-corrected chi connectivity index (χ2v) is 6.62. The molecular weight excluding hydrogens is 373 g/mol. The maximum Gasteiger partial charge on any atom is 0.127 e. The summed E-state index contributed by atoms with van der Waals surface area (Å²) in [6, 6.07) is 15.4. The minimum Gasteiger partial charge on any atom is -0.493 e. The Morgan fingerprint density at radius 1 is 1.24 bits per heavy atom. The van der Waals surface area contributed by atoms with Gasteiger partial charge in [-0.1, -0.05) is 37.3 Å². The normalized spacial score (nSPS) is 14.6. The van der Waals surface area contributed by atoms with Gasteiger partial charge in [-0.2, -0.15) is 0 Å². The van der Waals surface area contributed by atoms with E-state index in [1.807, 2.05) is 0 Å². The Labute approximate surface area is 140 Å². The summed E-state index contributed by atoms with van der Waals surface area (Å²) in [5.41, 5.74) is 3.90. The minimum atomic E-state index is 0.202. The summed E-state index contributed by atoms with van der Waals surface area (Å²) in [7, 11) is 0. The van der Waals surface area contributed by atoms with Gasteiger partial charge in [-0.05, 0) is 58.8 Å². The van der Waals surface area contributed by atoms with Gasteiger partial charge in [0.15, 0.2) is 0 Å². The third kappa shape index (κ3) is 3.24. The van der Waals surface area contributed by atoms with E-state index < -0.39 is 0 Å². The van der Waals surface area contributed by atoms with Gasteiger partial charge < -0.3 is 10.1 Å². The SMILES string of the molecule is CCCNC(c1cccc(I)c1)c1cccc2c1OCC2. The highest BCUT2D eigenvalue weighted by atomic mass is 127. The Hall–Kier alpha value is -1.07. The van der Waals surface area contributed by atoms with E-state index in [1.165, 1.54) is 20.3 Å². The number of ether oxygens (including phenoxy) is 1. The lowest BCUT2D eigenvalue weighted by Gasteiger charge is -2.22. The van der Waals surface area contributed by atoms with E-state index in [4.69, 9.17) is 4.74 Å². The lowest BCUT2D eigenvalue weighted by atomic mass is 9.95. The van der Waals surface area contributed by atoms with Crippen molar-refractivity contribution in [2.24, 2.45) is 0 Å². The maximum absolute atomic E-state index is 5.90. The van der Waals surface area contributed by atoms with Crippen LogP contribution in [0, 0.1) is 3.57 Å². The van der Waals surface area contributed by atoms with Crippen LogP contribution in [0.1, 0.15) is 36.1 Å². The second-order valence-electron chi connectivity index (χ2n) is 5.38. The lowest BCUT2D eigenvalue weighted by Crippen LogP contribution is -2.23. The van der Waals surface area contributed by atoms with Crippen molar-refractivity contribution in [3.8, 4) is 5.75 Å². The molecule has 2 aromatic rings. The number of para-hydroxylation sites is 1. The molecule has 1 unspecified atom stereocenters. The molecule has 2 nitrogen and oxygen atoms in total. The Morgan fingerprint density at radius 3 is 2.90 bits per heavy atom. The Bertz CT molecular complexity index is 626. The zero-order chi connectivity index (χ0) is 14.7. The lowest BCUT2D eigenvalue weighted by molar-refractivity contribution is 0.350. The van der Waals surface area contributed by atoms with E-state index in [0.29, 0.717) is 0 Å². The van der Waals surface area contributed by atoms with Gasteiger partial charge >= 0.3 is 0 Å². The summed E-state index contributed by atoms with van der Waals surface area (Å²) < 4.78 is 7.17. The van der Waals surface area contributed by atoms with Gasteiger partial charge in [0.1, 0.15) is 5.75 Å². The standard InChI is InChI=1S/C18H20INO/c1-2-10-20-17(14-6-3-7-15(19)12-14)16-8-4-5-13-9-11-21-18(13)16/h3-8,12,17,20H,2,9-11H2,1H3. The fourth-order valence-corrected chi connectivity index (χ4v) is 3.42. The van der Waals surface area contributed by atoms with Crippen molar-refractivity contribution in [2.45, 2.75) is 25.8 Å².